The summed E-state index contributed by atoms with van der Waals surface area (Å²) in [5.74, 6) is 0.144. The lowest BCUT2D eigenvalue weighted by Gasteiger charge is -2.34. The molecule has 0 amide bonds. The molecule has 2 aromatic carbocycles. The van der Waals surface area contributed by atoms with E-state index in [0.717, 1.165) is 36.8 Å². The van der Waals surface area contributed by atoms with Gasteiger partial charge in [0.15, 0.2) is 0 Å². The van der Waals surface area contributed by atoms with E-state index < -0.39 is 5.79 Å². The molecule has 128 valence electrons. The van der Waals surface area contributed by atoms with Crippen LogP contribution in [-0.2, 0) is 11.3 Å². The van der Waals surface area contributed by atoms with Crippen molar-refractivity contribution in [3.63, 3.8) is 0 Å². The van der Waals surface area contributed by atoms with E-state index in [-0.39, 0.29) is 5.97 Å². The quantitative estimate of drug-likeness (QED) is 0.757. The minimum Gasteiger partial charge on any atom is -0.489 e. The highest BCUT2D eigenvalue weighted by Crippen LogP contribution is 2.42. The summed E-state index contributed by atoms with van der Waals surface area (Å²) in [5.41, 5.74) is 2.60. The van der Waals surface area contributed by atoms with Gasteiger partial charge in [-0.05, 0) is 36.1 Å². The number of ether oxygens (including phenoxy) is 3. The zero-order chi connectivity index (χ0) is 17.3. The lowest BCUT2D eigenvalue weighted by molar-refractivity contribution is -0.148. The Morgan fingerprint density at radius 2 is 1.84 bits per heavy atom. The van der Waals surface area contributed by atoms with Gasteiger partial charge in [0.2, 0.25) is 0 Å². The van der Waals surface area contributed by atoms with Gasteiger partial charge in [0, 0.05) is 18.9 Å². The monoisotopic (exact) mass is 336 g/mol. The van der Waals surface area contributed by atoms with E-state index in [1.165, 1.54) is 0 Å². The summed E-state index contributed by atoms with van der Waals surface area (Å²) in [6, 6.07) is 13.3. The first-order valence-corrected chi connectivity index (χ1v) is 8.58. The van der Waals surface area contributed by atoms with E-state index in [9.17, 15) is 4.79 Å². The SMILES string of the molecule is C=Cc1ccc(COc2ccc3c(c2)OC2(CCCC2)OC3=O)cc1. The molecule has 25 heavy (non-hydrogen) atoms. The molecule has 0 atom stereocenters. The molecule has 1 saturated carbocycles. The number of carbonyl (C=O) groups is 1. The molecule has 4 heteroatoms. The van der Waals surface area contributed by atoms with Crippen LogP contribution in [0.2, 0.25) is 0 Å². The number of esters is 1. The predicted octanol–water partition coefficient (Wildman–Crippen LogP) is 4.73. The Bertz CT molecular complexity index is 801. The molecule has 0 N–H and O–H groups in total. The van der Waals surface area contributed by atoms with Crippen LogP contribution in [0.5, 0.6) is 11.5 Å². The van der Waals surface area contributed by atoms with E-state index in [0.29, 0.717) is 23.7 Å². The summed E-state index contributed by atoms with van der Waals surface area (Å²) in [4.78, 5) is 12.2. The van der Waals surface area contributed by atoms with Gasteiger partial charge in [-0.25, -0.2) is 4.79 Å². The molecule has 1 aliphatic heterocycles. The second-order valence-electron chi connectivity index (χ2n) is 6.50. The number of fused-ring (bicyclic) bond motifs is 1. The van der Waals surface area contributed by atoms with Crippen molar-refractivity contribution in [3.8, 4) is 11.5 Å². The van der Waals surface area contributed by atoms with Gasteiger partial charge in [-0.2, -0.15) is 0 Å². The first kappa shape index (κ1) is 15.8. The van der Waals surface area contributed by atoms with Gasteiger partial charge in [-0.1, -0.05) is 36.9 Å². The molecule has 0 saturated heterocycles. The maximum Gasteiger partial charge on any atom is 0.345 e. The van der Waals surface area contributed by atoms with Crippen molar-refractivity contribution in [2.75, 3.05) is 0 Å². The molecular weight excluding hydrogens is 316 g/mol. The third kappa shape index (κ3) is 3.12. The minimum absolute atomic E-state index is 0.310. The number of rotatable bonds is 4. The Hall–Kier alpha value is -2.75. The summed E-state index contributed by atoms with van der Waals surface area (Å²) >= 11 is 0. The van der Waals surface area contributed by atoms with Crippen molar-refractivity contribution in [3.05, 3.63) is 65.7 Å². The largest absolute Gasteiger partial charge is 0.489 e. The van der Waals surface area contributed by atoms with Gasteiger partial charge in [-0.3, -0.25) is 0 Å². The smallest absolute Gasteiger partial charge is 0.345 e. The minimum atomic E-state index is -0.775. The van der Waals surface area contributed by atoms with E-state index >= 15 is 0 Å². The van der Waals surface area contributed by atoms with Crippen LogP contribution in [0.3, 0.4) is 0 Å². The average Bonchev–Trinajstić information content (AvgIpc) is 3.07. The first-order chi connectivity index (χ1) is 12.2. The average molecular weight is 336 g/mol. The summed E-state index contributed by atoms with van der Waals surface area (Å²) in [6.07, 6.45) is 5.33. The number of carbonyl (C=O) groups excluding carboxylic acids is 1. The molecule has 1 fully saturated rings. The van der Waals surface area contributed by atoms with Crippen molar-refractivity contribution in [1.82, 2.24) is 0 Å². The molecule has 4 nitrogen and oxygen atoms in total. The highest BCUT2D eigenvalue weighted by molar-refractivity contribution is 5.94. The summed E-state index contributed by atoms with van der Waals surface area (Å²) < 4.78 is 17.4. The van der Waals surface area contributed by atoms with E-state index in [2.05, 4.69) is 6.58 Å². The Labute approximate surface area is 147 Å². The second kappa shape index (κ2) is 6.28. The summed E-state index contributed by atoms with van der Waals surface area (Å²) in [5, 5.41) is 0. The second-order valence-corrected chi connectivity index (χ2v) is 6.50. The molecule has 1 aliphatic carbocycles. The van der Waals surface area contributed by atoms with Gasteiger partial charge in [-0.15, -0.1) is 0 Å². The maximum atomic E-state index is 12.2. The van der Waals surface area contributed by atoms with Crippen LogP contribution in [0.25, 0.3) is 6.08 Å². The van der Waals surface area contributed by atoms with Crippen molar-refractivity contribution in [2.24, 2.45) is 0 Å². The normalized spacial score (nSPS) is 17.5. The Balaban J connectivity index is 1.50. The van der Waals surface area contributed by atoms with E-state index in [1.807, 2.05) is 30.3 Å². The predicted molar refractivity (Wildman–Crippen MR) is 94.5 cm³/mol. The van der Waals surface area contributed by atoms with Crippen LogP contribution in [0, 0.1) is 0 Å². The number of benzene rings is 2. The first-order valence-electron chi connectivity index (χ1n) is 8.58. The van der Waals surface area contributed by atoms with Crippen LogP contribution >= 0.6 is 0 Å². The Morgan fingerprint density at radius 1 is 1.08 bits per heavy atom. The number of hydrogen-bond donors (Lipinski definition) is 0. The molecule has 0 bridgehead atoms. The van der Waals surface area contributed by atoms with Gasteiger partial charge >= 0.3 is 5.97 Å². The standard InChI is InChI=1S/C21H20O4/c1-2-15-5-7-16(8-6-15)14-23-17-9-10-18-19(13-17)24-21(25-20(18)22)11-3-4-12-21/h2,5-10,13H,1,3-4,11-12,14H2. The van der Waals surface area contributed by atoms with Crippen molar-refractivity contribution in [1.29, 1.82) is 0 Å². The summed E-state index contributed by atoms with van der Waals surface area (Å²) in [6.45, 7) is 4.20. The van der Waals surface area contributed by atoms with Crippen LogP contribution < -0.4 is 9.47 Å². The molecule has 1 spiro atoms. The maximum absolute atomic E-state index is 12.2. The fraction of sp³-hybridized carbons (Fsp3) is 0.286. The molecule has 2 aliphatic rings. The van der Waals surface area contributed by atoms with Crippen LogP contribution in [0.15, 0.2) is 49.0 Å². The van der Waals surface area contributed by atoms with Gasteiger partial charge in [0.1, 0.15) is 23.7 Å². The van der Waals surface area contributed by atoms with Crippen LogP contribution in [0.4, 0.5) is 0 Å². The lowest BCUT2D eigenvalue weighted by Crippen LogP contribution is -2.42. The van der Waals surface area contributed by atoms with Gasteiger partial charge in [0.25, 0.3) is 5.79 Å². The zero-order valence-corrected chi connectivity index (χ0v) is 14.0. The van der Waals surface area contributed by atoms with Crippen LogP contribution in [0.1, 0.15) is 47.2 Å². The molecule has 2 aromatic rings. The molecular formula is C21H20O4. The zero-order valence-electron chi connectivity index (χ0n) is 14.0. The fourth-order valence-corrected chi connectivity index (χ4v) is 3.33. The fourth-order valence-electron chi connectivity index (χ4n) is 3.33. The third-order valence-electron chi connectivity index (χ3n) is 4.73. The topological polar surface area (TPSA) is 44.8 Å². The van der Waals surface area contributed by atoms with E-state index in [1.54, 1.807) is 18.2 Å². The Morgan fingerprint density at radius 3 is 2.56 bits per heavy atom. The van der Waals surface area contributed by atoms with Gasteiger partial charge < -0.3 is 14.2 Å². The molecule has 0 aromatic heterocycles. The molecule has 4 rings (SSSR count). The van der Waals surface area contributed by atoms with Crippen molar-refractivity contribution in [2.45, 2.75) is 38.1 Å². The lowest BCUT2D eigenvalue weighted by atomic mass is 10.1. The third-order valence-corrected chi connectivity index (χ3v) is 4.73. The van der Waals surface area contributed by atoms with Crippen molar-refractivity contribution < 1.29 is 19.0 Å². The summed E-state index contributed by atoms with van der Waals surface area (Å²) in [7, 11) is 0. The molecule has 0 radical (unpaired) electrons. The Kier molecular flexibility index (Phi) is 3.96. The molecule has 0 unspecified atom stereocenters. The highest BCUT2D eigenvalue weighted by atomic mass is 16.7. The number of hydrogen-bond acceptors (Lipinski definition) is 4. The molecule has 1 heterocycles. The highest BCUT2D eigenvalue weighted by Gasteiger charge is 2.44. The van der Waals surface area contributed by atoms with Crippen LogP contribution in [-0.4, -0.2) is 11.8 Å². The van der Waals surface area contributed by atoms with Crippen molar-refractivity contribution >= 4 is 12.0 Å². The van der Waals surface area contributed by atoms with Gasteiger partial charge in [0.05, 0.1) is 0 Å². The van der Waals surface area contributed by atoms with E-state index in [4.69, 9.17) is 14.2 Å².